The predicted molar refractivity (Wildman–Crippen MR) is 68.7 cm³/mol. The van der Waals surface area contributed by atoms with Gasteiger partial charge >= 0.3 is 0 Å². The van der Waals surface area contributed by atoms with Gasteiger partial charge in [0.1, 0.15) is 5.69 Å². The number of amides is 1. The minimum atomic E-state index is 0.0897. The van der Waals surface area contributed by atoms with Crippen molar-refractivity contribution in [1.82, 2.24) is 9.88 Å². The van der Waals surface area contributed by atoms with Gasteiger partial charge in [-0.15, -0.1) is 0 Å². The second kappa shape index (κ2) is 4.41. The molecule has 1 aliphatic carbocycles. The normalized spacial score (nSPS) is 27.2. The number of halogens is 1. The van der Waals surface area contributed by atoms with Gasteiger partial charge in [-0.2, -0.15) is 0 Å². The van der Waals surface area contributed by atoms with Crippen molar-refractivity contribution in [3.63, 3.8) is 0 Å². The van der Waals surface area contributed by atoms with E-state index in [1.807, 2.05) is 17.0 Å². The maximum absolute atomic E-state index is 12.4. The molecule has 0 radical (unpaired) electrons. The highest BCUT2D eigenvalue weighted by Gasteiger charge is 2.40. The van der Waals surface area contributed by atoms with E-state index in [1.165, 1.54) is 25.7 Å². The third kappa shape index (κ3) is 1.88. The molecule has 0 bridgehead atoms. The van der Waals surface area contributed by atoms with Crippen molar-refractivity contribution in [1.29, 1.82) is 0 Å². The highest BCUT2D eigenvalue weighted by Crippen LogP contribution is 2.38. The standard InChI is InChI=1S/C13H15BrN2O/c14-10-4-2-7-15-12(10)13(17)16-8-6-9-3-1-5-11(9)16/h2,4,7,9,11H,1,3,5-6,8H2/t9-,11-/m0/s1. The Morgan fingerprint density at radius 3 is 3.12 bits per heavy atom. The molecule has 0 aromatic carbocycles. The summed E-state index contributed by atoms with van der Waals surface area (Å²) in [5.41, 5.74) is 0.556. The number of hydrogen-bond donors (Lipinski definition) is 0. The molecule has 1 saturated heterocycles. The molecule has 1 aromatic rings. The number of hydrogen-bond acceptors (Lipinski definition) is 2. The maximum Gasteiger partial charge on any atom is 0.273 e. The Morgan fingerprint density at radius 1 is 1.41 bits per heavy atom. The number of fused-ring (bicyclic) bond motifs is 1. The molecular formula is C13H15BrN2O. The molecule has 4 heteroatoms. The van der Waals surface area contributed by atoms with Crippen LogP contribution in [0.25, 0.3) is 0 Å². The molecule has 17 heavy (non-hydrogen) atoms. The number of pyridine rings is 1. The summed E-state index contributed by atoms with van der Waals surface area (Å²) < 4.78 is 0.798. The van der Waals surface area contributed by atoms with E-state index in [0.717, 1.165) is 16.9 Å². The van der Waals surface area contributed by atoms with Crippen LogP contribution in [0.4, 0.5) is 0 Å². The van der Waals surface area contributed by atoms with Crippen molar-refractivity contribution in [2.75, 3.05) is 6.54 Å². The number of nitrogens with zero attached hydrogens (tertiary/aromatic N) is 2. The fourth-order valence-corrected chi connectivity index (χ4v) is 3.59. The molecule has 0 N–H and O–H groups in total. The van der Waals surface area contributed by atoms with E-state index in [-0.39, 0.29) is 5.91 Å². The fraction of sp³-hybridized carbons (Fsp3) is 0.538. The Kier molecular flexibility index (Phi) is 2.90. The van der Waals surface area contributed by atoms with Gasteiger partial charge < -0.3 is 4.90 Å². The lowest BCUT2D eigenvalue weighted by Crippen LogP contribution is -2.36. The Morgan fingerprint density at radius 2 is 2.29 bits per heavy atom. The molecule has 3 nitrogen and oxygen atoms in total. The van der Waals surface area contributed by atoms with E-state index in [2.05, 4.69) is 20.9 Å². The third-order valence-corrected chi connectivity index (χ3v) is 4.62. The average molecular weight is 295 g/mol. The molecule has 0 spiro atoms. The van der Waals surface area contributed by atoms with Crippen molar-refractivity contribution >= 4 is 21.8 Å². The van der Waals surface area contributed by atoms with Crippen LogP contribution in [0.15, 0.2) is 22.8 Å². The van der Waals surface area contributed by atoms with Crippen molar-refractivity contribution in [3.8, 4) is 0 Å². The lowest BCUT2D eigenvalue weighted by atomic mass is 10.0. The van der Waals surface area contributed by atoms with Crippen LogP contribution in [0.5, 0.6) is 0 Å². The highest BCUT2D eigenvalue weighted by molar-refractivity contribution is 9.10. The molecule has 90 valence electrons. The summed E-state index contributed by atoms with van der Waals surface area (Å²) in [5.74, 6) is 0.827. The van der Waals surface area contributed by atoms with Crippen LogP contribution in [0, 0.1) is 5.92 Å². The summed E-state index contributed by atoms with van der Waals surface area (Å²) >= 11 is 3.41. The van der Waals surface area contributed by atoms with Gasteiger partial charge in [0.25, 0.3) is 5.91 Å². The van der Waals surface area contributed by atoms with E-state index in [4.69, 9.17) is 0 Å². The van der Waals surface area contributed by atoms with Gasteiger partial charge in [0, 0.05) is 23.3 Å². The molecule has 2 atom stereocenters. The van der Waals surface area contributed by atoms with Gasteiger partial charge in [-0.25, -0.2) is 4.98 Å². The van der Waals surface area contributed by atoms with Crippen molar-refractivity contribution in [2.45, 2.75) is 31.7 Å². The smallest absolute Gasteiger partial charge is 0.273 e. The maximum atomic E-state index is 12.4. The second-order valence-electron chi connectivity index (χ2n) is 4.88. The van der Waals surface area contributed by atoms with Crippen LogP contribution in [0.2, 0.25) is 0 Å². The van der Waals surface area contributed by atoms with Crippen molar-refractivity contribution in [2.24, 2.45) is 5.92 Å². The molecule has 0 unspecified atom stereocenters. The Balaban J connectivity index is 1.85. The number of likely N-dealkylation sites (tertiary alicyclic amines) is 1. The lowest BCUT2D eigenvalue weighted by Gasteiger charge is -2.23. The quantitative estimate of drug-likeness (QED) is 0.798. The first kappa shape index (κ1) is 11.2. The van der Waals surface area contributed by atoms with E-state index in [9.17, 15) is 4.79 Å². The largest absolute Gasteiger partial charge is 0.334 e. The first-order chi connectivity index (χ1) is 8.27. The molecule has 1 aromatic heterocycles. The van der Waals surface area contributed by atoms with Crippen LogP contribution in [0.1, 0.15) is 36.2 Å². The Bertz CT molecular complexity index is 449. The van der Waals surface area contributed by atoms with Crippen LogP contribution in [-0.2, 0) is 0 Å². The summed E-state index contributed by atoms with van der Waals surface area (Å²) in [6, 6.07) is 4.18. The summed E-state index contributed by atoms with van der Waals surface area (Å²) in [5, 5.41) is 0. The molecular weight excluding hydrogens is 280 g/mol. The Hall–Kier alpha value is -0.900. The average Bonchev–Trinajstić information content (AvgIpc) is 2.90. The topological polar surface area (TPSA) is 33.2 Å². The van der Waals surface area contributed by atoms with Gasteiger partial charge in [0.2, 0.25) is 0 Å². The summed E-state index contributed by atoms with van der Waals surface area (Å²) in [7, 11) is 0. The second-order valence-corrected chi connectivity index (χ2v) is 5.73. The van der Waals surface area contributed by atoms with Crippen LogP contribution >= 0.6 is 15.9 Å². The summed E-state index contributed by atoms with van der Waals surface area (Å²) in [4.78, 5) is 18.7. The summed E-state index contributed by atoms with van der Waals surface area (Å²) in [6.45, 7) is 0.900. The third-order valence-electron chi connectivity index (χ3n) is 3.98. The number of aromatic nitrogens is 1. The Labute approximate surface area is 109 Å². The number of carbonyl (C=O) groups is 1. The molecule has 2 aliphatic rings. The van der Waals surface area contributed by atoms with E-state index < -0.39 is 0 Å². The first-order valence-corrected chi connectivity index (χ1v) is 6.98. The van der Waals surface area contributed by atoms with Gasteiger partial charge in [-0.3, -0.25) is 4.79 Å². The van der Waals surface area contributed by atoms with Gasteiger partial charge in [0.15, 0.2) is 0 Å². The molecule has 2 fully saturated rings. The van der Waals surface area contributed by atoms with Gasteiger partial charge in [0.05, 0.1) is 0 Å². The minimum absolute atomic E-state index is 0.0897. The van der Waals surface area contributed by atoms with Crippen LogP contribution in [-0.4, -0.2) is 28.4 Å². The molecule has 1 saturated carbocycles. The van der Waals surface area contributed by atoms with Gasteiger partial charge in [-0.05, 0) is 53.2 Å². The fourth-order valence-electron chi connectivity index (χ4n) is 3.17. The molecule has 2 heterocycles. The molecule has 1 amide bonds. The molecule has 3 rings (SSSR count). The lowest BCUT2D eigenvalue weighted by molar-refractivity contribution is 0.0722. The van der Waals surface area contributed by atoms with Gasteiger partial charge in [-0.1, -0.05) is 6.42 Å². The first-order valence-electron chi connectivity index (χ1n) is 6.19. The van der Waals surface area contributed by atoms with Crippen LogP contribution < -0.4 is 0 Å². The van der Waals surface area contributed by atoms with Crippen molar-refractivity contribution < 1.29 is 4.79 Å². The van der Waals surface area contributed by atoms with Crippen molar-refractivity contribution in [3.05, 3.63) is 28.5 Å². The van der Waals surface area contributed by atoms with E-state index in [0.29, 0.717) is 11.7 Å². The monoisotopic (exact) mass is 294 g/mol. The predicted octanol–water partition coefficient (Wildman–Crippen LogP) is 2.86. The SMILES string of the molecule is O=C(c1ncccc1Br)N1CC[C@@H]2CCC[C@@H]21. The van der Waals surface area contributed by atoms with E-state index >= 15 is 0 Å². The van der Waals surface area contributed by atoms with E-state index in [1.54, 1.807) is 6.20 Å². The highest BCUT2D eigenvalue weighted by atomic mass is 79.9. The number of rotatable bonds is 1. The molecule has 1 aliphatic heterocycles. The van der Waals surface area contributed by atoms with Crippen LogP contribution in [0.3, 0.4) is 0 Å². The number of carbonyl (C=O) groups excluding carboxylic acids is 1. The zero-order valence-corrected chi connectivity index (χ0v) is 11.2. The minimum Gasteiger partial charge on any atom is -0.334 e. The summed E-state index contributed by atoms with van der Waals surface area (Å²) in [6.07, 6.45) is 6.57. The zero-order valence-electron chi connectivity index (χ0n) is 9.60. The zero-order chi connectivity index (χ0) is 11.8.